The summed E-state index contributed by atoms with van der Waals surface area (Å²) < 4.78 is 19.2. The molecule has 0 radical (unpaired) electrons. The molecule has 0 amide bonds. The molecule has 0 aromatic heterocycles. The Balaban J connectivity index is 2.55. The molecule has 2 nitrogen and oxygen atoms in total. The Kier molecular flexibility index (Phi) is 1.68. The quantitative estimate of drug-likeness (QED) is 0.623. The number of benzene rings is 1. The Morgan fingerprint density at radius 2 is 2.31 bits per heavy atom. The molecule has 1 unspecified atom stereocenters. The Morgan fingerprint density at radius 1 is 1.54 bits per heavy atom. The van der Waals surface area contributed by atoms with Gasteiger partial charge in [-0.1, -0.05) is 0 Å². The van der Waals surface area contributed by atoms with Gasteiger partial charge in [0.05, 0.1) is 6.61 Å². The molecule has 1 atom stereocenters. The second kappa shape index (κ2) is 2.62. The van der Waals surface area contributed by atoms with Gasteiger partial charge in [0.25, 0.3) is 0 Å². The summed E-state index contributed by atoms with van der Waals surface area (Å²) in [6, 6.07) is 5.09. The summed E-state index contributed by atoms with van der Waals surface area (Å²) in [4.78, 5) is 0. The van der Waals surface area contributed by atoms with Gasteiger partial charge in [0.1, 0.15) is 11.4 Å². The van der Waals surface area contributed by atoms with E-state index in [2.05, 4.69) is 0 Å². The van der Waals surface area contributed by atoms with Crippen molar-refractivity contribution < 1.29 is 9.13 Å². The zero-order valence-electron chi connectivity index (χ0n) is 7.51. The normalized spacial score (nSPS) is 26.3. The van der Waals surface area contributed by atoms with Gasteiger partial charge in [-0.15, -0.1) is 0 Å². The molecular formula is C10H12FNO. The van der Waals surface area contributed by atoms with Crippen LogP contribution in [0, 0.1) is 0 Å². The van der Waals surface area contributed by atoms with Gasteiger partial charge in [-0.2, -0.15) is 0 Å². The van der Waals surface area contributed by atoms with Crippen LogP contribution in [-0.4, -0.2) is 6.61 Å². The first-order valence-electron chi connectivity index (χ1n) is 4.31. The van der Waals surface area contributed by atoms with E-state index in [9.17, 15) is 4.39 Å². The molecule has 0 bridgehead atoms. The summed E-state index contributed by atoms with van der Waals surface area (Å²) in [6.45, 7) is 2.00. The van der Waals surface area contributed by atoms with Crippen molar-refractivity contribution >= 4 is 5.69 Å². The molecule has 1 aliphatic rings. The second-order valence-corrected chi connectivity index (χ2v) is 3.55. The zero-order valence-corrected chi connectivity index (χ0v) is 7.51. The number of anilines is 1. The first-order chi connectivity index (χ1) is 6.09. The third kappa shape index (κ3) is 1.34. The van der Waals surface area contributed by atoms with Crippen LogP contribution in [0.2, 0.25) is 0 Å². The van der Waals surface area contributed by atoms with Crippen molar-refractivity contribution in [3.8, 4) is 5.75 Å². The summed E-state index contributed by atoms with van der Waals surface area (Å²) in [6.07, 6.45) is 0.392. The molecule has 1 heterocycles. The second-order valence-electron chi connectivity index (χ2n) is 3.55. The summed E-state index contributed by atoms with van der Waals surface area (Å²) in [5.41, 5.74) is 5.42. The molecule has 1 aliphatic heterocycles. The number of fused-ring (bicyclic) bond motifs is 1. The average Bonchev–Trinajstić information content (AvgIpc) is 2.06. The lowest BCUT2D eigenvalue weighted by Crippen LogP contribution is -2.25. The SMILES string of the molecule is CC1(F)CCOc2ccc(N)cc21. The van der Waals surface area contributed by atoms with Crippen molar-refractivity contribution in [2.24, 2.45) is 0 Å². The lowest BCUT2D eigenvalue weighted by atomic mass is 9.91. The number of halogens is 1. The van der Waals surface area contributed by atoms with Gasteiger partial charge < -0.3 is 10.5 Å². The van der Waals surface area contributed by atoms with E-state index in [1.54, 1.807) is 25.1 Å². The number of hydrogen-bond donors (Lipinski definition) is 1. The fourth-order valence-corrected chi connectivity index (χ4v) is 1.57. The standard InChI is InChI=1S/C10H12FNO/c1-10(11)4-5-13-9-3-2-7(12)6-8(9)10/h2-3,6H,4-5,12H2,1H3. The van der Waals surface area contributed by atoms with Gasteiger partial charge in [-0.3, -0.25) is 0 Å². The summed E-state index contributed by atoms with van der Waals surface area (Å²) in [7, 11) is 0. The van der Waals surface area contributed by atoms with Crippen LogP contribution < -0.4 is 10.5 Å². The van der Waals surface area contributed by atoms with Crippen LogP contribution in [0.5, 0.6) is 5.75 Å². The Morgan fingerprint density at radius 3 is 3.08 bits per heavy atom. The van der Waals surface area contributed by atoms with Crippen LogP contribution in [-0.2, 0) is 5.67 Å². The number of nitrogens with two attached hydrogens (primary N) is 1. The first-order valence-corrected chi connectivity index (χ1v) is 4.31. The molecule has 3 heteroatoms. The van der Waals surface area contributed by atoms with Crippen molar-refractivity contribution in [2.45, 2.75) is 19.0 Å². The maximum atomic E-state index is 13.9. The Hall–Kier alpha value is -1.25. The summed E-state index contributed by atoms with van der Waals surface area (Å²) >= 11 is 0. The predicted octanol–water partition coefficient (Wildman–Crippen LogP) is 2.24. The minimum Gasteiger partial charge on any atom is -0.493 e. The predicted molar refractivity (Wildman–Crippen MR) is 49.4 cm³/mol. The molecule has 2 rings (SSSR count). The van der Waals surface area contributed by atoms with Crippen LogP contribution in [0.15, 0.2) is 18.2 Å². The minimum absolute atomic E-state index is 0.392. The van der Waals surface area contributed by atoms with Gasteiger partial charge in [-0.05, 0) is 25.1 Å². The Labute approximate surface area is 76.5 Å². The van der Waals surface area contributed by atoms with E-state index in [0.717, 1.165) is 0 Å². The summed E-state index contributed by atoms with van der Waals surface area (Å²) in [5, 5.41) is 0. The molecule has 1 aromatic rings. The molecule has 70 valence electrons. The largest absolute Gasteiger partial charge is 0.493 e. The zero-order chi connectivity index (χ0) is 9.47. The van der Waals surface area contributed by atoms with E-state index in [4.69, 9.17) is 10.5 Å². The lowest BCUT2D eigenvalue weighted by Gasteiger charge is -2.28. The molecular weight excluding hydrogens is 169 g/mol. The maximum Gasteiger partial charge on any atom is 0.140 e. The van der Waals surface area contributed by atoms with E-state index in [-0.39, 0.29) is 0 Å². The van der Waals surface area contributed by atoms with Gasteiger partial charge in [-0.25, -0.2) is 4.39 Å². The van der Waals surface area contributed by atoms with Gasteiger partial charge >= 0.3 is 0 Å². The number of alkyl halides is 1. The van der Waals surface area contributed by atoms with Gasteiger partial charge in [0, 0.05) is 17.7 Å². The van der Waals surface area contributed by atoms with E-state index in [0.29, 0.717) is 30.0 Å². The fraction of sp³-hybridized carbons (Fsp3) is 0.400. The lowest BCUT2D eigenvalue weighted by molar-refractivity contribution is 0.110. The van der Waals surface area contributed by atoms with E-state index in [1.165, 1.54) is 0 Å². The molecule has 13 heavy (non-hydrogen) atoms. The Bertz CT molecular complexity index is 336. The molecule has 0 saturated heterocycles. The van der Waals surface area contributed by atoms with Crippen molar-refractivity contribution in [3.63, 3.8) is 0 Å². The number of hydrogen-bond acceptors (Lipinski definition) is 2. The molecule has 0 fully saturated rings. The highest BCUT2D eigenvalue weighted by Gasteiger charge is 2.32. The minimum atomic E-state index is -1.30. The van der Waals surface area contributed by atoms with E-state index in [1.807, 2.05) is 0 Å². The monoisotopic (exact) mass is 181 g/mol. The molecule has 1 aromatic carbocycles. The van der Waals surface area contributed by atoms with E-state index >= 15 is 0 Å². The van der Waals surface area contributed by atoms with E-state index < -0.39 is 5.67 Å². The smallest absolute Gasteiger partial charge is 0.140 e. The van der Waals surface area contributed by atoms with Crippen molar-refractivity contribution in [3.05, 3.63) is 23.8 Å². The third-order valence-corrected chi connectivity index (χ3v) is 2.39. The molecule has 0 saturated carbocycles. The van der Waals surface area contributed by atoms with Crippen LogP contribution in [0.25, 0.3) is 0 Å². The van der Waals surface area contributed by atoms with Crippen molar-refractivity contribution in [2.75, 3.05) is 12.3 Å². The number of rotatable bonds is 0. The highest BCUT2D eigenvalue weighted by Crippen LogP contribution is 2.40. The topological polar surface area (TPSA) is 35.2 Å². The molecule has 2 N–H and O–H groups in total. The number of ether oxygens (including phenoxy) is 1. The van der Waals surface area contributed by atoms with Crippen molar-refractivity contribution in [1.82, 2.24) is 0 Å². The van der Waals surface area contributed by atoms with Crippen LogP contribution in [0.4, 0.5) is 10.1 Å². The maximum absolute atomic E-state index is 13.9. The van der Waals surface area contributed by atoms with Gasteiger partial charge in [0.2, 0.25) is 0 Å². The third-order valence-electron chi connectivity index (χ3n) is 2.39. The van der Waals surface area contributed by atoms with Crippen LogP contribution >= 0.6 is 0 Å². The number of nitrogen functional groups attached to an aromatic ring is 1. The van der Waals surface area contributed by atoms with Crippen LogP contribution in [0.1, 0.15) is 18.9 Å². The summed E-state index contributed by atoms with van der Waals surface area (Å²) in [5.74, 6) is 0.616. The van der Waals surface area contributed by atoms with Crippen LogP contribution in [0.3, 0.4) is 0 Å². The fourth-order valence-electron chi connectivity index (χ4n) is 1.57. The molecule has 0 spiro atoms. The molecule has 0 aliphatic carbocycles. The highest BCUT2D eigenvalue weighted by molar-refractivity contribution is 5.50. The highest BCUT2D eigenvalue weighted by atomic mass is 19.1. The van der Waals surface area contributed by atoms with Gasteiger partial charge in [0.15, 0.2) is 0 Å². The van der Waals surface area contributed by atoms with Crippen molar-refractivity contribution in [1.29, 1.82) is 0 Å². The first kappa shape index (κ1) is 8.35. The average molecular weight is 181 g/mol.